The van der Waals surface area contributed by atoms with Gasteiger partial charge in [-0.15, -0.1) is 16.8 Å². The maximum absolute atomic E-state index is 10.7. The monoisotopic (exact) mass is 1150 g/mol. The minimum absolute atomic E-state index is 0. The van der Waals surface area contributed by atoms with Gasteiger partial charge in [-0.25, -0.2) is 0 Å². The molecule has 0 aromatic heterocycles. The Hall–Kier alpha value is -1.39. The summed E-state index contributed by atoms with van der Waals surface area (Å²) < 4.78 is 345. The van der Waals surface area contributed by atoms with Crippen LogP contribution in [0.2, 0.25) is 0 Å². The molecule has 396 valence electrons. The Morgan fingerprint density at radius 2 is 0.266 bits per heavy atom. The zero-order valence-electron chi connectivity index (χ0n) is 32.1. The zero-order valence-corrected chi connectivity index (χ0v) is 38.2. The van der Waals surface area contributed by atoms with Crippen LogP contribution in [0.5, 0.6) is 0 Å². The molecule has 0 rings (SSSR count). The van der Waals surface area contributed by atoms with Crippen molar-refractivity contribution in [3.8, 4) is 0 Å². The van der Waals surface area contributed by atoms with Gasteiger partial charge in [0.1, 0.15) is 0 Å². The Labute approximate surface area is 361 Å². The Morgan fingerprint density at radius 3 is 0.266 bits per heavy atom. The minimum Gasteiger partial charge on any atom is -0.850 e. The summed E-state index contributed by atoms with van der Waals surface area (Å²) in [5.41, 5.74) is -35.5. The van der Waals surface area contributed by atoms with E-state index < -0.39 is 111 Å². The van der Waals surface area contributed by atoms with E-state index in [4.69, 9.17) is 77.8 Å². The summed E-state index contributed by atoms with van der Waals surface area (Å²) in [4.78, 5) is 0. The molecule has 0 aliphatic heterocycles. The van der Waals surface area contributed by atoms with Crippen LogP contribution >= 0.6 is 0 Å². The van der Waals surface area contributed by atoms with Crippen LogP contribution in [0.3, 0.4) is 0 Å². The van der Waals surface area contributed by atoms with Crippen LogP contribution < -0.4 is 15.3 Å². The number of hydrogen-bond acceptors (Lipinski definition) is 15. The normalized spacial score (nSPS) is 13.3. The summed E-state index contributed by atoms with van der Waals surface area (Å²) in [5, 5.41) is 30.3. The molecular formula is C18H33AlF18O21S6. The first-order chi connectivity index (χ1) is 25.5. The molecule has 0 radical (unpaired) electrons. The molecule has 0 aliphatic rings. The molecule has 0 aromatic rings. The minimum atomic E-state index is -5.84. The van der Waals surface area contributed by atoms with E-state index in [2.05, 4.69) is 0 Å². The molecule has 21 nitrogen and oxygen atoms in total. The van der Waals surface area contributed by atoms with Crippen LogP contribution in [0, 0.1) is 0 Å². The van der Waals surface area contributed by atoms with E-state index in [1.54, 1.807) is 62.3 Å². The average Bonchev–Trinajstić information content (AvgIpc) is 2.75. The fourth-order valence-corrected chi connectivity index (χ4v) is 0. The predicted octanol–water partition coefficient (Wildman–Crippen LogP) is 2.42. The van der Waals surface area contributed by atoms with E-state index in [0.29, 0.717) is 0 Å². The van der Waals surface area contributed by atoms with Gasteiger partial charge in [0, 0.05) is 0 Å². The van der Waals surface area contributed by atoms with E-state index in [9.17, 15) is 94.3 Å². The van der Waals surface area contributed by atoms with Crippen molar-refractivity contribution in [3.63, 3.8) is 0 Å². The zero-order chi connectivity index (χ0) is 55.5. The molecule has 0 heterocycles. The topological polar surface area (TPSA) is 395 Å². The predicted molar refractivity (Wildman–Crippen MR) is 171 cm³/mol. The van der Waals surface area contributed by atoms with Gasteiger partial charge in [0.25, 0.3) is 0 Å². The Bertz CT molecular complexity index is 1580. The maximum Gasteiger partial charge on any atom is 3.00 e. The third kappa shape index (κ3) is 77.8. The first-order valence-electron chi connectivity index (χ1n) is 12.8. The van der Waals surface area contributed by atoms with Crippen LogP contribution in [0.15, 0.2) is 0 Å². The number of hydrogen-bond donors (Lipinski definition) is 6. The summed E-state index contributed by atoms with van der Waals surface area (Å²) in [7, 11) is -35.0. The van der Waals surface area contributed by atoms with Crippen molar-refractivity contribution in [2.75, 3.05) is 0 Å². The molecule has 6 N–H and O–H groups in total. The molecule has 0 spiro atoms. The molecule has 0 bridgehead atoms. The van der Waals surface area contributed by atoms with Gasteiger partial charge in [-0.1, -0.05) is 62.3 Å². The van der Waals surface area contributed by atoms with Crippen LogP contribution in [-0.4, -0.2) is 145 Å². The van der Waals surface area contributed by atoms with Gasteiger partial charge in [0.2, 0.25) is 0 Å². The van der Waals surface area contributed by atoms with Gasteiger partial charge in [-0.3, -0.25) is 27.3 Å². The van der Waals surface area contributed by atoms with Gasteiger partial charge in [-0.05, 0) is 0 Å². The number of alkyl halides is 18. The Kier molecular flexibility index (Phi) is 38.7. The second-order valence-corrected chi connectivity index (χ2v) is 20.3. The average molecular weight is 1150 g/mol. The quantitative estimate of drug-likeness (QED) is 0.0877. The molecule has 0 aliphatic carbocycles. The Balaban J connectivity index is -0.0000000644. The van der Waals surface area contributed by atoms with Crippen molar-refractivity contribution in [2.24, 2.45) is 0 Å². The third-order valence-corrected chi connectivity index (χ3v) is 5.26. The van der Waals surface area contributed by atoms with E-state index in [0.717, 1.165) is 0 Å². The fraction of sp³-hybridized carbons (Fsp3) is 1.00. The van der Waals surface area contributed by atoms with Crippen LogP contribution in [0.25, 0.3) is 0 Å². The van der Waals surface area contributed by atoms with Gasteiger partial charge < -0.3 is 15.3 Å². The van der Waals surface area contributed by atoms with E-state index in [1.807, 2.05) is 0 Å². The molecular weight excluding hydrogens is 1110 g/mol. The van der Waals surface area contributed by atoms with Gasteiger partial charge in [0.05, 0.1) is 0 Å². The van der Waals surface area contributed by atoms with E-state index in [1.165, 1.54) is 0 Å². The molecule has 46 heteroatoms. The SMILES string of the molecule is CC(C)(C)[O-].CC(C)(C)[O-].CC(C)(C)[O-].O=S(=O)(O)C(F)(F)F.O=S(=O)(O)C(F)(F)F.O=S(=O)(O)C(F)(F)F.O=S(=O)(O)C(F)(F)F.O=S(=O)(O)C(F)(F)F.O=S(=O)(O)C(F)(F)F.[Al+3]. The summed E-state index contributed by atoms with van der Waals surface area (Å²) in [6.45, 7) is 14.7. The van der Waals surface area contributed by atoms with Crippen molar-refractivity contribution < 1.29 is 172 Å². The van der Waals surface area contributed by atoms with Crippen molar-refractivity contribution >= 4 is 78.1 Å². The molecule has 0 unspecified atom stereocenters. The third-order valence-electron chi connectivity index (χ3n) is 1.75. The second kappa shape index (κ2) is 28.8. The molecule has 0 atom stereocenters. The van der Waals surface area contributed by atoms with Gasteiger partial charge in [-0.2, -0.15) is 130 Å². The smallest absolute Gasteiger partial charge is 0.850 e. The van der Waals surface area contributed by atoms with E-state index >= 15 is 0 Å². The molecule has 0 aromatic carbocycles. The van der Waals surface area contributed by atoms with E-state index in [-0.39, 0.29) is 17.4 Å². The maximum atomic E-state index is 10.7. The van der Waals surface area contributed by atoms with Gasteiger partial charge in [0.15, 0.2) is 0 Å². The molecule has 0 saturated heterocycles. The molecule has 64 heavy (non-hydrogen) atoms. The first-order valence-corrected chi connectivity index (χ1v) is 21.5. The summed E-state index contributed by atoms with van der Waals surface area (Å²) in [5.74, 6) is 0. The first kappa shape index (κ1) is 85.9. The largest absolute Gasteiger partial charge is 3.00 e. The van der Waals surface area contributed by atoms with Crippen molar-refractivity contribution in [1.82, 2.24) is 0 Å². The van der Waals surface area contributed by atoms with Crippen LogP contribution in [0.4, 0.5) is 79.0 Å². The van der Waals surface area contributed by atoms with Crippen LogP contribution in [-0.2, 0) is 60.7 Å². The Morgan fingerprint density at radius 1 is 0.250 bits per heavy atom. The number of halogens is 18. The summed E-state index contributed by atoms with van der Waals surface area (Å²) in [6.07, 6.45) is 0. The van der Waals surface area contributed by atoms with Crippen molar-refractivity contribution in [3.05, 3.63) is 0 Å². The van der Waals surface area contributed by atoms with Crippen molar-refractivity contribution in [1.29, 1.82) is 0 Å². The van der Waals surface area contributed by atoms with Crippen molar-refractivity contribution in [2.45, 2.75) is 112 Å². The summed E-state index contributed by atoms with van der Waals surface area (Å²) in [6, 6.07) is 0. The van der Waals surface area contributed by atoms with Gasteiger partial charge >= 0.3 is 111 Å². The van der Waals surface area contributed by atoms with Crippen LogP contribution in [0.1, 0.15) is 62.3 Å². The molecule has 0 amide bonds. The standard InChI is InChI=1S/3C4H9O.6CHF3O3S.Al/c3*1-4(2,3)5;6*2-1(3,4)8(5,6)7;/h3*1-3H3;6*(H,5,6,7);/q3*-1;;;;;;;+3. The molecule has 0 fully saturated rings. The fourth-order valence-electron chi connectivity index (χ4n) is 0. The summed E-state index contributed by atoms with van der Waals surface area (Å²) >= 11 is 0. The number of rotatable bonds is 0. The second-order valence-electron chi connectivity index (χ2n) is 11.9. The molecule has 0 saturated carbocycles.